The molecule has 0 aliphatic heterocycles. The third-order valence-corrected chi connectivity index (χ3v) is 4.11. The first kappa shape index (κ1) is 11.8. The summed E-state index contributed by atoms with van der Waals surface area (Å²) in [6.07, 6.45) is 7.03. The predicted molar refractivity (Wildman–Crippen MR) is 77.3 cm³/mol. The van der Waals surface area contributed by atoms with Crippen molar-refractivity contribution in [2.45, 2.75) is 31.7 Å². The van der Waals surface area contributed by atoms with Crippen molar-refractivity contribution in [2.24, 2.45) is 0 Å². The molecular weight excluding hydrogens is 290 g/mol. The molecule has 3 rings (SSSR count). The van der Waals surface area contributed by atoms with Gasteiger partial charge in [-0.2, -0.15) is 5.10 Å². The normalized spacial score (nSPS) is 16.3. The van der Waals surface area contributed by atoms with Gasteiger partial charge in [-0.1, -0.05) is 40.9 Å². The molecule has 0 bridgehead atoms. The highest BCUT2D eigenvalue weighted by atomic mass is 79.9. The standard InChI is InChI=1S/C14H16BrN3/c15-11-7-5-10(6-8-11)14-13(16)9-18(17-14)12-3-1-2-4-12/h5-9,12H,1-4,16H2. The number of benzene rings is 1. The number of aromatic nitrogens is 2. The molecule has 94 valence electrons. The van der Waals surface area contributed by atoms with Crippen LogP contribution in [-0.2, 0) is 0 Å². The largest absolute Gasteiger partial charge is 0.396 e. The number of hydrogen-bond donors (Lipinski definition) is 1. The van der Waals surface area contributed by atoms with Crippen LogP contribution in [0.4, 0.5) is 5.69 Å². The van der Waals surface area contributed by atoms with E-state index in [-0.39, 0.29) is 0 Å². The zero-order valence-corrected chi connectivity index (χ0v) is 11.7. The fourth-order valence-corrected chi connectivity index (χ4v) is 2.86. The topological polar surface area (TPSA) is 43.8 Å². The van der Waals surface area contributed by atoms with Gasteiger partial charge in [-0.25, -0.2) is 0 Å². The average Bonchev–Trinajstić information content (AvgIpc) is 2.99. The Bertz CT molecular complexity index is 539. The first-order valence-corrected chi connectivity index (χ1v) is 7.14. The number of halogens is 1. The predicted octanol–water partition coefficient (Wildman–Crippen LogP) is 4.01. The van der Waals surface area contributed by atoms with Crippen molar-refractivity contribution < 1.29 is 0 Å². The van der Waals surface area contributed by atoms with E-state index in [4.69, 9.17) is 5.73 Å². The van der Waals surface area contributed by atoms with Crippen molar-refractivity contribution in [3.05, 3.63) is 34.9 Å². The number of anilines is 1. The molecule has 4 heteroatoms. The second-order valence-corrected chi connectivity index (χ2v) is 5.77. The maximum Gasteiger partial charge on any atom is 0.115 e. The quantitative estimate of drug-likeness (QED) is 0.911. The number of nitrogens with two attached hydrogens (primary N) is 1. The summed E-state index contributed by atoms with van der Waals surface area (Å²) in [7, 11) is 0. The van der Waals surface area contributed by atoms with E-state index in [0.29, 0.717) is 6.04 Å². The van der Waals surface area contributed by atoms with Gasteiger partial charge in [-0.05, 0) is 25.0 Å². The Balaban J connectivity index is 1.94. The van der Waals surface area contributed by atoms with Crippen molar-refractivity contribution in [1.82, 2.24) is 9.78 Å². The van der Waals surface area contributed by atoms with Gasteiger partial charge in [-0.3, -0.25) is 4.68 Å². The maximum atomic E-state index is 6.08. The highest BCUT2D eigenvalue weighted by molar-refractivity contribution is 9.10. The molecule has 0 saturated heterocycles. The molecule has 0 radical (unpaired) electrons. The van der Waals surface area contributed by atoms with Crippen molar-refractivity contribution in [1.29, 1.82) is 0 Å². The van der Waals surface area contributed by atoms with Crippen molar-refractivity contribution in [2.75, 3.05) is 5.73 Å². The summed E-state index contributed by atoms with van der Waals surface area (Å²) < 4.78 is 3.12. The zero-order chi connectivity index (χ0) is 12.5. The smallest absolute Gasteiger partial charge is 0.115 e. The summed E-state index contributed by atoms with van der Waals surface area (Å²) in [5, 5.41) is 4.67. The van der Waals surface area contributed by atoms with Crippen molar-refractivity contribution in [3.63, 3.8) is 0 Å². The second-order valence-electron chi connectivity index (χ2n) is 4.86. The van der Waals surface area contributed by atoms with Crippen LogP contribution in [0.2, 0.25) is 0 Å². The average molecular weight is 306 g/mol. The molecule has 0 spiro atoms. The number of nitrogen functional groups attached to an aromatic ring is 1. The van der Waals surface area contributed by atoms with Gasteiger partial charge in [0.05, 0.1) is 11.7 Å². The summed E-state index contributed by atoms with van der Waals surface area (Å²) in [5.41, 5.74) is 8.83. The van der Waals surface area contributed by atoms with Crippen LogP contribution in [0.1, 0.15) is 31.7 Å². The highest BCUT2D eigenvalue weighted by Gasteiger charge is 2.19. The molecule has 1 aromatic carbocycles. The lowest BCUT2D eigenvalue weighted by Crippen LogP contribution is -2.04. The first-order valence-electron chi connectivity index (χ1n) is 6.34. The molecule has 1 saturated carbocycles. The Morgan fingerprint density at radius 1 is 1.17 bits per heavy atom. The molecule has 1 fully saturated rings. The van der Waals surface area contributed by atoms with E-state index in [2.05, 4.69) is 25.7 Å². The Morgan fingerprint density at radius 2 is 1.83 bits per heavy atom. The van der Waals surface area contributed by atoms with Gasteiger partial charge in [0.15, 0.2) is 0 Å². The van der Waals surface area contributed by atoms with Crippen LogP contribution in [-0.4, -0.2) is 9.78 Å². The Labute approximate surface area is 115 Å². The Kier molecular flexibility index (Phi) is 3.12. The fraction of sp³-hybridized carbons (Fsp3) is 0.357. The molecule has 3 nitrogen and oxygen atoms in total. The van der Waals surface area contributed by atoms with Crippen LogP contribution in [0.5, 0.6) is 0 Å². The summed E-state index contributed by atoms with van der Waals surface area (Å²) >= 11 is 3.44. The van der Waals surface area contributed by atoms with Gasteiger partial charge < -0.3 is 5.73 Å². The van der Waals surface area contributed by atoms with Crippen molar-refractivity contribution in [3.8, 4) is 11.3 Å². The van der Waals surface area contributed by atoms with Crippen LogP contribution in [0.3, 0.4) is 0 Å². The molecular formula is C14H16BrN3. The van der Waals surface area contributed by atoms with E-state index in [1.165, 1.54) is 25.7 Å². The second kappa shape index (κ2) is 4.76. The van der Waals surface area contributed by atoms with Crippen LogP contribution >= 0.6 is 15.9 Å². The van der Waals surface area contributed by atoms with Crippen LogP contribution in [0.15, 0.2) is 34.9 Å². The van der Waals surface area contributed by atoms with E-state index >= 15 is 0 Å². The van der Waals surface area contributed by atoms with Gasteiger partial charge in [0, 0.05) is 16.2 Å². The van der Waals surface area contributed by atoms with Crippen LogP contribution < -0.4 is 5.73 Å². The molecule has 0 amide bonds. The zero-order valence-electron chi connectivity index (χ0n) is 10.1. The van der Waals surface area contributed by atoms with Crippen LogP contribution in [0.25, 0.3) is 11.3 Å². The molecule has 2 N–H and O–H groups in total. The van der Waals surface area contributed by atoms with E-state index in [1.54, 1.807) is 0 Å². The van der Waals surface area contributed by atoms with E-state index in [1.807, 2.05) is 30.5 Å². The number of rotatable bonds is 2. The first-order chi connectivity index (χ1) is 8.74. The van der Waals surface area contributed by atoms with Gasteiger partial charge >= 0.3 is 0 Å². The monoisotopic (exact) mass is 305 g/mol. The lowest BCUT2D eigenvalue weighted by atomic mass is 10.1. The lowest BCUT2D eigenvalue weighted by molar-refractivity contribution is 0.468. The highest BCUT2D eigenvalue weighted by Crippen LogP contribution is 2.32. The number of hydrogen-bond acceptors (Lipinski definition) is 2. The van der Waals surface area contributed by atoms with Gasteiger partial charge in [-0.15, -0.1) is 0 Å². The Hall–Kier alpha value is -1.29. The minimum Gasteiger partial charge on any atom is -0.396 e. The summed E-state index contributed by atoms with van der Waals surface area (Å²) in [4.78, 5) is 0. The number of nitrogens with zero attached hydrogens (tertiary/aromatic N) is 2. The van der Waals surface area contributed by atoms with Gasteiger partial charge in [0.2, 0.25) is 0 Å². The lowest BCUT2D eigenvalue weighted by Gasteiger charge is -2.08. The van der Waals surface area contributed by atoms with Crippen LogP contribution in [0, 0.1) is 0 Å². The SMILES string of the molecule is Nc1cn(C2CCCC2)nc1-c1ccc(Br)cc1. The van der Waals surface area contributed by atoms with Gasteiger partial charge in [0.25, 0.3) is 0 Å². The van der Waals surface area contributed by atoms with E-state index in [9.17, 15) is 0 Å². The maximum absolute atomic E-state index is 6.08. The summed E-state index contributed by atoms with van der Waals surface area (Å²) in [6, 6.07) is 8.66. The Morgan fingerprint density at radius 3 is 2.50 bits per heavy atom. The van der Waals surface area contributed by atoms with Gasteiger partial charge in [0.1, 0.15) is 5.69 Å². The molecule has 18 heavy (non-hydrogen) atoms. The minimum atomic E-state index is 0.538. The molecule has 1 aliphatic rings. The molecule has 1 aromatic heterocycles. The minimum absolute atomic E-state index is 0.538. The summed E-state index contributed by atoms with van der Waals surface area (Å²) in [6.45, 7) is 0. The van der Waals surface area contributed by atoms with E-state index in [0.717, 1.165) is 21.4 Å². The van der Waals surface area contributed by atoms with Crippen molar-refractivity contribution >= 4 is 21.6 Å². The van der Waals surface area contributed by atoms with E-state index < -0.39 is 0 Å². The molecule has 1 heterocycles. The third kappa shape index (κ3) is 2.17. The summed E-state index contributed by atoms with van der Waals surface area (Å²) in [5.74, 6) is 0. The molecule has 0 unspecified atom stereocenters. The molecule has 2 aromatic rings. The third-order valence-electron chi connectivity index (χ3n) is 3.58. The molecule has 1 aliphatic carbocycles. The fourth-order valence-electron chi connectivity index (χ4n) is 2.59. The molecule has 0 atom stereocenters.